The number of hydrogen-bond acceptors (Lipinski definition) is 3. The monoisotopic (exact) mass is 206 g/mol. The third-order valence-corrected chi connectivity index (χ3v) is 5.51. The second-order valence-corrected chi connectivity index (χ2v) is 8.73. The molecule has 0 aromatic rings. The van der Waals surface area contributed by atoms with Gasteiger partial charge >= 0.3 is 0 Å². The van der Waals surface area contributed by atoms with Gasteiger partial charge in [-0.2, -0.15) is 12.6 Å². The first-order valence-electron chi connectivity index (χ1n) is 4.24. The van der Waals surface area contributed by atoms with Gasteiger partial charge in [0.25, 0.3) is 0 Å². The van der Waals surface area contributed by atoms with Gasteiger partial charge in [-0.25, -0.2) is 0 Å². The summed E-state index contributed by atoms with van der Waals surface area (Å²) in [5.74, 6) is 0. The molecule has 0 aliphatic heterocycles. The minimum atomic E-state index is 0.197. The van der Waals surface area contributed by atoms with Gasteiger partial charge in [-0.05, 0) is 32.6 Å². The largest absolute Gasteiger partial charge is 0.151 e. The fraction of sp³-hybridized carbons (Fsp3) is 1.00. The van der Waals surface area contributed by atoms with E-state index in [0.29, 0.717) is 0 Å². The maximum Gasteiger partial charge on any atom is 0.101 e. The molecule has 0 N–H and O–H groups in total. The van der Waals surface area contributed by atoms with E-state index in [-0.39, 0.29) is 3.41 Å². The van der Waals surface area contributed by atoms with Crippen LogP contribution in [0, 0.1) is 0 Å². The summed E-state index contributed by atoms with van der Waals surface area (Å²) in [5, 5.41) is 1.87. The van der Waals surface area contributed by atoms with Crippen LogP contribution in [0.3, 0.4) is 0 Å². The Morgan fingerprint density at radius 3 is 1.73 bits per heavy atom. The van der Waals surface area contributed by atoms with Crippen LogP contribution in [0.25, 0.3) is 0 Å². The Kier molecular flexibility index (Phi) is 2.42. The fourth-order valence-electron chi connectivity index (χ4n) is 1.02. The topological polar surface area (TPSA) is 0 Å². The summed E-state index contributed by atoms with van der Waals surface area (Å²) in [6.07, 6.45) is 5.69. The number of rotatable bonds is 4. The molecule has 0 radical (unpaired) electrons. The van der Waals surface area contributed by atoms with Gasteiger partial charge in [-0.3, -0.25) is 0 Å². The first-order valence-corrected chi connectivity index (χ1v) is 6.44. The van der Waals surface area contributed by atoms with Crippen LogP contribution < -0.4 is 0 Å². The molecule has 0 aromatic carbocycles. The predicted octanol–water partition coefficient (Wildman–Crippen LogP) is 3.38. The smallest absolute Gasteiger partial charge is 0.101 e. The van der Waals surface area contributed by atoms with Crippen molar-refractivity contribution in [2.24, 2.45) is 0 Å². The number of hydrogen-bond donors (Lipinski definition) is 1. The molecule has 2 rings (SSSR count). The highest BCUT2D eigenvalue weighted by atomic mass is 32.3. The lowest BCUT2D eigenvalue weighted by Crippen LogP contribution is -2.07. The normalized spacial score (nSPS) is 25.6. The minimum Gasteiger partial charge on any atom is -0.151 e. The van der Waals surface area contributed by atoms with Crippen LogP contribution in [0.5, 0.6) is 0 Å². The molecule has 11 heavy (non-hydrogen) atoms. The average molecular weight is 206 g/mol. The Bertz CT molecular complexity index is 131. The standard InChI is InChI=1S/C8H14S3/c1-8(9,10-6-2-3-6)11-7-4-5-7/h6-7,9H,2-5H2,1H3. The van der Waals surface area contributed by atoms with Crippen molar-refractivity contribution in [3.05, 3.63) is 0 Å². The lowest BCUT2D eigenvalue weighted by Gasteiger charge is -2.21. The van der Waals surface area contributed by atoms with Gasteiger partial charge in [0.2, 0.25) is 0 Å². The van der Waals surface area contributed by atoms with E-state index in [1.165, 1.54) is 25.7 Å². The van der Waals surface area contributed by atoms with Crippen molar-refractivity contribution in [3.8, 4) is 0 Å². The molecule has 0 aromatic heterocycles. The summed E-state index contributed by atoms with van der Waals surface area (Å²) in [6.45, 7) is 2.25. The second kappa shape index (κ2) is 3.08. The van der Waals surface area contributed by atoms with Crippen molar-refractivity contribution in [2.45, 2.75) is 46.5 Å². The van der Waals surface area contributed by atoms with Crippen LogP contribution in [0.2, 0.25) is 0 Å². The highest BCUT2D eigenvalue weighted by Crippen LogP contribution is 2.54. The zero-order valence-corrected chi connectivity index (χ0v) is 9.27. The molecule has 0 saturated heterocycles. The van der Waals surface area contributed by atoms with Crippen molar-refractivity contribution in [1.82, 2.24) is 0 Å². The number of thiol groups is 1. The zero-order valence-electron chi connectivity index (χ0n) is 6.75. The zero-order chi connectivity index (χ0) is 7.90. The summed E-state index contributed by atoms with van der Waals surface area (Å²) < 4.78 is 0.197. The van der Waals surface area contributed by atoms with Gasteiger partial charge < -0.3 is 0 Å². The summed E-state index contributed by atoms with van der Waals surface area (Å²) >= 11 is 8.80. The van der Waals surface area contributed by atoms with Crippen LogP contribution in [0.1, 0.15) is 32.6 Å². The van der Waals surface area contributed by atoms with Crippen molar-refractivity contribution in [3.63, 3.8) is 0 Å². The Labute approximate surface area is 82.7 Å². The van der Waals surface area contributed by atoms with Gasteiger partial charge in [0.1, 0.15) is 3.41 Å². The van der Waals surface area contributed by atoms with Gasteiger partial charge in [0.15, 0.2) is 0 Å². The van der Waals surface area contributed by atoms with Crippen molar-refractivity contribution in [2.75, 3.05) is 0 Å². The van der Waals surface area contributed by atoms with Crippen LogP contribution >= 0.6 is 36.2 Å². The molecule has 0 spiro atoms. The maximum absolute atomic E-state index is 4.67. The summed E-state index contributed by atoms with van der Waals surface area (Å²) in [5.41, 5.74) is 0. The quantitative estimate of drug-likeness (QED) is 0.553. The molecule has 0 unspecified atom stereocenters. The lowest BCUT2D eigenvalue weighted by molar-refractivity contribution is 1.29. The molecule has 3 heteroatoms. The van der Waals surface area contributed by atoms with E-state index >= 15 is 0 Å². The fourth-order valence-corrected chi connectivity index (χ4v) is 4.93. The van der Waals surface area contributed by atoms with Crippen molar-refractivity contribution >= 4 is 36.2 Å². The van der Waals surface area contributed by atoms with E-state index in [9.17, 15) is 0 Å². The van der Waals surface area contributed by atoms with Crippen LogP contribution in [-0.4, -0.2) is 13.9 Å². The van der Waals surface area contributed by atoms with Gasteiger partial charge in [0.05, 0.1) is 0 Å². The van der Waals surface area contributed by atoms with E-state index < -0.39 is 0 Å². The first-order chi connectivity index (χ1) is 5.16. The summed E-state index contributed by atoms with van der Waals surface area (Å²) in [4.78, 5) is 0. The molecule has 0 nitrogen and oxygen atoms in total. The third-order valence-electron chi connectivity index (χ3n) is 1.82. The molecule has 2 saturated carbocycles. The predicted molar refractivity (Wildman–Crippen MR) is 58.6 cm³/mol. The van der Waals surface area contributed by atoms with Gasteiger partial charge in [-0.15, -0.1) is 23.5 Å². The molecule has 0 atom stereocenters. The number of thioether (sulfide) groups is 2. The summed E-state index contributed by atoms with van der Waals surface area (Å²) in [7, 11) is 0. The SMILES string of the molecule is CC(S)(SC1CC1)SC1CC1. The van der Waals surface area contributed by atoms with Crippen LogP contribution in [-0.2, 0) is 0 Å². The first kappa shape index (κ1) is 8.64. The van der Waals surface area contributed by atoms with Gasteiger partial charge in [-0.1, -0.05) is 0 Å². The van der Waals surface area contributed by atoms with E-state index in [0.717, 1.165) is 10.5 Å². The second-order valence-electron chi connectivity index (χ2n) is 3.53. The Morgan fingerprint density at radius 2 is 1.45 bits per heavy atom. The van der Waals surface area contributed by atoms with E-state index in [1.807, 2.05) is 0 Å². The molecule has 2 aliphatic rings. The molecule has 2 fully saturated rings. The average Bonchev–Trinajstić information content (AvgIpc) is 2.60. The van der Waals surface area contributed by atoms with Crippen molar-refractivity contribution in [1.29, 1.82) is 0 Å². The molecule has 0 bridgehead atoms. The molecular formula is C8H14S3. The lowest BCUT2D eigenvalue weighted by atomic mass is 10.9. The Balaban J connectivity index is 1.75. The molecule has 0 heterocycles. The molecule has 64 valence electrons. The summed E-state index contributed by atoms with van der Waals surface area (Å²) in [6, 6.07) is 0. The van der Waals surface area contributed by atoms with Crippen LogP contribution in [0.15, 0.2) is 0 Å². The third kappa shape index (κ3) is 3.11. The van der Waals surface area contributed by atoms with Crippen molar-refractivity contribution < 1.29 is 0 Å². The molecule has 2 aliphatic carbocycles. The molecular weight excluding hydrogens is 192 g/mol. The van der Waals surface area contributed by atoms with E-state index in [4.69, 9.17) is 0 Å². The van der Waals surface area contributed by atoms with Gasteiger partial charge in [0, 0.05) is 10.5 Å². The highest BCUT2D eigenvalue weighted by Gasteiger charge is 2.36. The minimum absolute atomic E-state index is 0.197. The molecule has 0 amide bonds. The van der Waals surface area contributed by atoms with E-state index in [2.05, 4.69) is 43.1 Å². The highest BCUT2D eigenvalue weighted by molar-refractivity contribution is 8.29. The Morgan fingerprint density at radius 1 is 1.09 bits per heavy atom. The van der Waals surface area contributed by atoms with Crippen LogP contribution in [0.4, 0.5) is 0 Å². The maximum atomic E-state index is 4.67. The van der Waals surface area contributed by atoms with E-state index in [1.54, 1.807) is 0 Å². The Hall–Kier alpha value is 1.05.